The topological polar surface area (TPSA) is 101 Å². The second-order valence-electron chi connectivity index (χ2n) is 12.8. The van der Waals surface area contributed by atoms with Gasteiger partial charge < -0.3 is 5.11 Å². The fraction of sp³-hybridized carbons (Fsp3) is 0.600. The van der Waals surface area contributed by atoms with E-state index in [-0.39, 0.29) is 17.1 Å². The highest BCUT2D eigenvalue weighted by Gasteiger charge is 2.56. The third-order valence-corrected chi connectivity index (χ3v) is 7.85. The standard InChI is InChI=1S/C30H39NO6/c1-16(32)22-27(35)23(17-14-18(29(2,3)4)26(34)19(15-17)30(5,6)7)25-24-20(33)12-10-8-9-11-13-21(24)37-31(25)28(22)36/h14-15,21,24-25,35H,8-13H2,1-7H3/t21-,24+,25-/m1/s1. The first-order chi connectivity index (χ1) is 17.1. The van der Waals surface area contributed by atoms with Gasteiger partial charge in [-0.2, -0.15) is 0 Å². The molecule has 7 nitrogen and oxygen atoms in total. The van der Waals surface area contributed by atoms with Crippen LogP contribution in [-0.2, 0) is 24.0 Å². The van der Waals surface area contributed by atoms with Crippen molar-refractivity contribution in [2.24, 2.45) is 16.7 Å². The zero-order chi connectivity index (χ0) is 27.4. The number of amides is 1. The van der Waals surface area contributed by atoms with Crippen LogP contribution in [0.2, 0.25) is 0 Å². The molecule has 2 aliphatic heterocycles. The highest BCUT2D eigenvalue weighted by atomic mass is 16.7. The van der Waals surface area contributed by atoms with Crippen molar-refractivity contribution in [1.29, 1.82) is 0 Å². The monoisotopic (exact) mass is 509 g/mol. The number of hydroxylamine groups is 2. The van der Waals surface area contributed by atoms with Crippen LogP contribution in [-0.4, -0.2) is 45.6 Å². The first-order valence-electron chi connectivity index (χ1n) is 13.4. The van der Waals surface area contributed by atoms with Gasteiger partial charge in [0.2, 0.25) is 0 Å². The number of allylic oxidation sites excluding steroid dienone is 5. The van der Waals surface area contributed by atoms with E-state index in [1.165, 1.54) is 6.92 Å². The SMILES string of the molecule is CC(=O)C1=C(O)C(=C2C=C(C(C)(C)C)C(=O)C(C(C)(C)C)=C2)[C@@H]2[C@H]3C(=O)CCCCCC[C@H]3ON2C1=O. The number of hydrogen-bond acceptors (Lipinski definition) is 6. The second-order valence-corrected chi connectivity index (χ2v) is 12.8. The number of carbonyl (C=O) groups is 4. The molecule has 0 aromatic heterocycles. The molecule has 1 amide bonds. The summed E-state index contributed by atoms with van der Waals surface area (Å²) in [5.74, 6) is -2.45. The molecule has 2 aliphatic carbocycles. The number of aliphatic hydroxyl groups excluding tert-OH is 1. The Morgan fingerprint density at radius 1 is 0.946 bits per heavy atom. The molecule has 37 heavy (non-hydrogen) atoms. The maximum atomic E-state index is 13.6. The molecule has 1 saturated heterocycles. The third-order valence-electron chi connectivity index (χ3n) is 7.85. The molecule has 0 aromatic rings. The van der Waals surface area contributed by atoms with Crippen molar-refractivity contribution in [2.75, 3.05) is 0 Å². The van der Waals surface area contributed by atoms with Crippen molar-refractivity contribution < 1.29 is 29.1 Å². The quantitative estimate of drug-likeness (QED) is 0.483. The average Bonchev–Trinajstić information content (AvgIpc) is 3.16. The molecule has 0 spiro atoms. The predicted molar refractivity (Wildman–Crippen MR) is 139 cm³/mol. The van der Waals surface area contributed by atoms with Crippen LogP contribution in [0.3, 0.4) is 0 Å². The zero-order valence-electron chi connectivity index (χ0n) is 23.1. The summed E-state index contributed by atoms with van der Waals surface area (Å²) in [6, 6.07) is -0.871. The maximum absolute atomic E-state index is 13.6. The van der Waals surface area contributed by atoms with Gasteiger partial charge in [0.15, 0.2) is 11.6 Å². The van der Waals surface area contributed by atoms with Crippen LogP contribution in [0.15, 0.2) is 45.8 Å². The van der Waals surface area contributed by atoms with E-state index in [4.69, 9.17) is 4.84 Å². The Hall–Kier alpha value is -2.80. The first-order valence-corrected chi connectivity index (χ1v) is 13.4. The van der Waals surface area contributed by atoms with E-state index in [2.05, 4.69) is 0 Å². The van der Waals surface area contributed by atoms with Gasteiger partial charge in [0.25, 0.3) is 5.91 Å². The average molecular weight is 510 g/mol. The molecular weight excluding hydrogens is 470 g/mol. The minimum absolute atomic E-state index is 0.00342. The van der Waals surface area contributed by atoms with Crippen LogP contribution in [0.1, 0.15) is 87.0 Å². The van der Waals surface area contributed by atoms with Crippen LogP contribution in [0, 0.1) is 16.7 Å². The number of ketones is 3. The second kappa shape index (κ2) is 9.50. The van der Waals surface area contributed by atoms with Crippen LogP contribution in [0.5, 0.6) is 0 Å². The highest BCUT2D eigenvalue weighted by molar-refractivity contribution is 6.20. The van der Waals surface area contributed by atoms with Gasteiger partial charge in [-0.15, -0.1) is 0 Å². The van der Waals surface area contributed by atoms with Gasteiger partial charge in [-0.1, -0.05) is 60.8 Å². The predicted octanol–water partition coefficient (Wildman–Crippen LogP) is 5.28. The van der Waals surface area contributed by atoms with Crippen molar-refractivity contribution in [3.8, 4) is 0 Å². The summed E-state index contributed by atoms with van der Waals surface area (Å²) in [6.45, 7) is 13.0. The summed E-state index contributed by atoms with van der Waals surface area (Å²) in [7, 11) is 0. The van der Waals surface area contributed by atoms with Crippen LogP contribution in [0.25, 0.3) is 0 Å². The molecule has 0 radical (unpaired) electrons. The summed E-state index contributed by atoms with van der Waals surface area (Å²) >= 11 is 0. The molecule has 2 fully saturated rings. The molecular formula is C30H39NO6. The summed E-state index contributed by atoms with van der Waals surface area (Å²) in [5, 5.41) is 12.7. The normalized spacial score (nSPS) is 27.8. The van der Waals surface area contributed by atoms with E-state index in [1.54, 1.807) is 12.2 Å². The molecule has 1 saturated carbocycles. The Balaban J connectivity index is 2.05. The molecule has 4 rings (SSSR count). The van der Waals surface area contributed by atoms with Gasteiger partial charge in [-0.25, -0.2) is 5.06 Å². The van der Waals surface area contributed by atoms with Crippen molar-refractivity contribution in [3.63, 3.8) is 0 Å². The molecule has 4 aliphatic rings. The number of Topliss-reactive ketones (excluding diaryl/α,β-unsaturated/α-hetero) is 3. The number of nitrogens with zero attached hydrogens (tertiary/aromatic N) is 1. The van der Waals surface area contributed by atoms with Crippen LogP contribution >= 0.6 is 0 Å². The van der Waals surface area contributed by atoms with Gasteiger partial charge in [0.1, 0.15) is 23.2 Å². The largest absolute Gasteiger partial charge is 0.507 e. The number of rotatable bonds is 1. The summed E-state index contributed by atoms with van der Waals surface area (Å²) in [6.07, 6.45) is 7.55. The lowest BCUT2D eigenvalue weighted by molar-refractivity contribution is -0.184. The highest BCUT2D eigenvalue weighted by Crippen LogP contribution is 2.47. The molecule has 3 atom stereocenters. The molecule has 0 unspecified atom stereocenters. The maximum Gasteiger partial charge on any atom is 0.285 e. The Bertz CT molecular complexity index is 1150. The van der Waals surface area contributed by atoms with E-state index in [0.717, 1.165) is 30.7 Å². The summed E-state index contributed by atoms with van der Waals surface area (Å²) in [5.41, 5.74) is 0.627. The smallest absolute Gasteiger partial charge is 0.285 e. The van der Waals surface area contributed by atoms with Gasteiger partial charge in [-0.05, 0) is 48.3 Å². The van der Waals surface area contributed by atoms with Crippen molar-refractivity contribution >= 4 is 23.3 Å². The molecule has 2 heterocycles. The number of hydrogen-bond donors (Lipinski definition) is 1. The molecule has 1 N–H and O–H groups in total. The van der Waals surface area contributed by atoms with Gasteiger partial charge in [0.05, 0.1) is 12.0 Å². The van der Waals surface area contributed by atoms with Gasteiger partial charge in [-0.3, -0.25) is 24.0 Å². The van der Waals surface area contributed by atoms with Crippen LogP contribution in [0.4, 0.5) is 0 Å². The minimum atomic E-state index is -0.871. The zero-order valence-corrected chi connectivity index (χ0v) is 23.1. The first kappa shape index (κ1) is 27.2. The Labute approximate surface area is 219 Å². The third kappa shape index (κ3) is 4.78. The summed E-state index contributed by atoms with van der Waals surface area (Å²) < 4.78 is 0. The fourth-order valence-corrected chi connectivity index (χ4v) is 5.89. The van der Waals surface area contributed by atoms with E-state index >= 15 is 0 Å². The van der Waals surface area contributed by atoms with Crippen molar-refractivity contribution in [1.82, 2.24) is 5.06 Å². The Morgan fingerprint density at radius 3 is 2.05 bits per heavy atom. The van der Waals surface area contributed by atoms with E-state index in [9.17, 15) is 24.3 Å². The van der Waals surface area contributed by atoms with E-state index in [0.29, 0.717) is 35.1 Å². The number of aliphatic hydroxyl groups is 1. The molecule has 200 valence electrons. The van der Waals surface area contributed by atoms with E-state index < -0.39 is 46.3 Å². The lowest BCUT2D eigenvalue weighted by Crippen LogP contribution is -2.47. The van der Waals surface area contributed by atoms with Crippen molar-refractivity contribution in [2.45, 2.75) is 99.1 Å². The van der Waals surface area contributed by atoms with Gasteiger partial charge in [0, 0.05) is 23.1 Å². The summed E-state index contributed by atoms with van der Waals surface area (Å²) in [4.78, 5) is 59.2. The molecule has 7 heteroatoms. The van der Waals surface area contributed by atoms with Crippen molar-refractivity contribution in [3.05, 3.63) is 45.8 Å². The lowest BCUT2D eigenvalue weighted by Gasteiger charge is -2.36. The Kier molecular flexibility index (Phi) is 6.99. The van der Waals surface area contributed by atoms with Gasteiger partial charge >= 0.3 is 0 Å². The molecule has 0 bridgehead atoms. The Morgan fingerprint density at radius 2 is 1.51 bits per heavy atom. The van der Waals surface area contributed by atoms with Crippen LogP contribution < -0.4 is 0 Å². The molecule has 0 aromatic carbocycles. The number of carbonyl (C=O) groups excluding carboxylic acids is 4. The van der Waals surface area contributed by atoms with E-state index in [1.807, 2.05) is 41.5 Å². The fourth-order valence-electron chi connectivity index (χ4n) is 5.89. The lowest BCUT2D eigenvalue weighted by atomic mass is 9.70. The minimum Gasteiger partial charge on any atom is -0.507 e. The number of fused-ring (bicyclic) bond motifs is 3.